The Morgan fingerprint density at radius 2 is 0.475 bits per heavy atom. The van der Waals surface area contributed by atoms with Crippen LogP contribution in [-0.2, 0) is 4.65 Å². The van der Waals surface area contributed by atoms with Gasteiger partial charge in [0, 0.05) is 6.61 Å². The molecule has 2 N–H and O–H groups in total. The lowest BCUT2D eigenvalue weighted by Crippen LogP contribution is -2.17. The summed E-state index contributed by atoms with van der Waals surface area (Å²) < 4.78 is 4.72. The molecule has 0 aromatic rings. The molecule has 0 fully saturated rings. The van der Waals surface area contributed by atoms with Gasteiger partial charge in [0.25, 0.3) is 0 Å². The van der Waals surface area contributed by atoms with Crippen molar-refractivity contribution in [2.75, 3.05) is 6.61 Å². The van der Waals surface area contributed by atoms with E-state index in [0.29, 0.717) is 6.61 Å². The largest absolute Gasteiger partial charge is 0.633 e. The fourth-order valence-corrected chi connectivity index (χ4v) is 6.02. The van der Waals surface area contributed by atoms with Crippen LogP contribution in [0.3, 0.4) is 0 Å². The summed E-state index contributed by atoms with van der Waals surface area (Å²) in [4.78, 5) is 0. The second-order valence-electron chi connectivity index (χ2n) is 12.9. The smallest absolute Gasteiger partial charge is 0.402 e. The molecule has 240 valence electrons. The third kappa shape index (κ3) is 37.9. The molecular weight excluding hydrogens is 491 g/mol. The Hall–Kier alpha value is -0.0551. The van der Waals surface area contributed by atoms with Crippen LogP contribution in [0.25, 0.3) is 0 Å². The third-order valence-electron chi connectivity index (χ3n) is 8.76. The fourth-order valence-electron chi connectivity index (χ4n) is 6.02. The van der Waals surface area contributed by atoms with Gasteiger partial charge in [0.15, 0.2) is 0 Å². The van der Waals surface area contributed by atoms with Crippen molar-refractivity contribution < 1.29 is 14.7 Å². The first-order valence-electron chi connectivity index (χ1n) is 18.7. The van der Waals surface area contributed by atoms with E-state index >= 15 is 0 Å². The minimum Gasteiger partial charge on any atom is -0.402 e. The van der Waals surface area contributed by atoms with E-state index in [-0.39, 0.29) is 0 Å². The van der Waals surface area contributed by atoms with Gasteiger partial charge in [-0.2, -0.15) is 0 Å². The van der Waals surface area contributed by atoms with E-state index in [1.165, 1.54) is 205 Å². The summed E-state index contributed by atoms with van der Waals surface area (Å²) >= 11 is 0. The number of hydrogen-bond donors (Lipinski definition) is 2. The maximum Gasteiger partial charge on any atom is 0.633 e. The summed E-state index contributed by atoms with van der Waals surface area (Å²) in [5, 5.41) is 17.2. The van der Waals surface area contributed by atoms with E-state index in [4.69, 9.17) is 14.7 Å². The molecule has 0 aliphatic carbocycles. The topological polar surface area (TPSA) is 49.7 Å². The summed E-state index contributed by atoms with van der Waals surface area (Å²) in [6.45, 7) is 2.76. The van der Waals surface area contributed by atoms with Crippen molar-refractivity contribution in [2.24, 2.45) is 0 Å². The average Bonchev–Trinajstić information content (AvgIpc) is 2.95. The molecule has 0 spiro atoms. The van der Waals surface area contributed by atoms with Crippen LogP contribution in [-0.4, -0.2) is 24.0 Å². The molecule has 3 nitrogen and oxygen atoms in total. The first-order chi connectivity index (χ1) is 19.8. The summed E-state index contributed by atoms with van der Waals surface area (Å²) in [5.74, 6) is 0. The molecule has 0 amide bonds. The van der Waals surface area contributed by atoms with Crippen LogP contribution in [0.2, 0.25) is 0 Å². The summed E-state index contributed by atoms with van der Waals surface area (Å²) in [5.41, 5.74) is 0. The Morgan fingerprint density at radius 1 is 0.300 bits per heavy atom. The highest BCUT2D eigenvalue weighted by Crippen LogP contribution is 2.17. The Bertz CT molecular complexity index is 432. The Kier molecular flexibility index (Phi) is 36.9. The van der Waals surface area contributed by atoms with Crippen LogP contribution < -0.4 is 0 Å². The molecule has 0 saturated heterocycles. The third-order valence-corrected chi connectivity index (χ3v) is 8.76. The second kappa shape index (κ2) is 37.0. The molecule has 0 aromatic carbocycles. The second-order valence-corrected chi connectivity index (χ2v) is 12.9. The highest BCUT2D eigenvalue weighted by molar-refractivity contribution is 6.32. The molecule has 0 atom stereocenters. The minimum absolute atomic E-state index is 0.456. The lowest BCUT2D eigenvalue weighted by Gasteiger charge is -2.05. The van der Waals surface area contributed by atoms with Crippen LogP contribution in [0.5, 0.6) is 0 Å². The first-order valence-corrected chi connectivity index (χ1v) is 18.7. The quantitative estimate of drug-likeness (QED) is 0.0586. The van der Waals surface area contributed by atoms with Gasteiger partial charge in [0.05, 0.1) is 0 Å². The van der Waals surface area contributed by atoms with Crippen LogP contribution in [0.1, 0.15) is 225 Å². The van der Waals surface area contributed by atoms with Crippen molar-refractivity contribution in [3.63, 3.8) is 0 Å². The molecular formula is C36H75BO3. The van der Waals surface area contributed by atoms with E-state index < -0.39 is 7.32 Å². The Labute approximate surface area is 253 Å². The molecule has 0 aliphatic heterocycles. The predicted octanol–water partition coefficient (Wildman–Crippen LogP) is 12.3. The van der Waals surface area contributed by atoms with Crippen LogP contribution in [0.15, 0.2) is 0 Å². The zero-order chi connectivity index (χ0) is 29.0. The summed E-state index contributed by atoms with van der Waals surface area (Å²) in [6.07, 6.45) is 48.2. The monoisotopic (exact) mass is 567 g/mol. The van der Waals surface area contributed by atoms with E-state index in [1.54, 1.807) is 0 Å². The van der Waals surface area contributed by atoms with Gasteiger partial charge in [0.2, 0.25) is 0 Å². The standard InChI is InChI=1S/C36H75BO3/c1-2-3-4-5-6-7-8-9-10-11-12-13-14-15-16-17-18-19-20-21-22-23-24-25-26-27-28-29-30-31-32-33-34-35-36-40-37(38)39/h38-39H,2-36H2,1H3. The van der Waals surface area contributed by atoms with Crippen LogP contribution in [0.4, 0.5) is 0 Å². The number of unbranched alkanes of at least 4 members (excludes halogenated alkanes) is 33. The summed E-state index contributed by atoms with van der Waals surface area (Å²) in [7, 11) is -1.60. The lowest BCUT2D eigenvalue weighted by atomic mass is 10.0. The van der Waals surface area contributed by atoms with Gasteiger partial charge in [-0.05, 0) is 6.42 Å². The Balaban J connectivity index is 3.02. The van der Waals surface area contributed by atoms with Crippen molar-refractivity contribution >= 4 is 7.32 Å². The molecule has 0 bridgehead atoms. The maximum atomic E-state index is 8.61. The predicted molar refractivity (Wildman–Crippen MR) is 179 cm³/mol. The lowest BCUT2D eigenvalue weighted by molar-refractivity contribution is 0.182. The zero-order valence-electron chi connectivity index (χ0n) is 27.6. The van der Waals surface area contributed by atoms with Gasteiger partial charge < -0.3 is 14.7 Å². The van der Waals surface area contributed by atoms with Gasteiger partial charge in [0.1, 0.15) is 0 Å². The van der Waals surface area contributed by atoms with Crippen molar-refractivity contribution in [1.82, 2.24) is 0 Å². The van der Waals surface area contributed by atoms with E-state index in [0.717, 1.165) is 12.8 Å². The SMILES string of the molecule is CCCCCCCCCCCCCCCCCCCCCCCCCCCCCCCCCCCCOB(O)O. The van der Waals surface area contributed by atoms with Gasteiger partial charge in [-0.15, -0.1) is 0 Å². The van der Waals surface area contributed by atoms with Crippen molar-refractivity contribution in [3.8, 4) is 0 Å². The van der Waals surface area contributed by atoms with Crippen LogP contribution in [0, 0.1) is 0 Å². The maximum absolute atomic E-state index is 8.61. The molecule has 0 saturated carbocycles. The molecule has 0 heterocycles. The van der Waals surface area contributed by atoms with Gasteiger partial charge in [-0.25, -0.2) is 0 Å². The highest BCUT2D eigenvalue weighted by Gasteiger charge is 2.06. The van der Waals surface area contributed by atoms with Gasteiger partial charge >= 0.3 is 7.32 Å². The normalized spacial score (nSPS) is 11.5. The van der Waals surface area contributed by atoms with Crippen molar-refractivity contribution in [3.05, 3.63) is 0 Å². The number of hydrogen-bond acceptors (Lipinski definition) is 3. The minimum atomic E-state index is -1.60. The molecule has 40 heavy (non-hydrogen) atoms. The van der Waals surface area contributed by atoms with Crippen LogP contribution >= 0.6 is 0 Å². The molecule has 0 rings (SSSR count). The molecule has 0 aromatic heterocycles. The van der Waals surface area contributed by atoms with Crippen molar-refractivity contribution in [2.45, 2.75) is 225 Å². The Morgan fingerprint density at radius 3 is 0.650 bits per heavy atom. The van der Waals surface area contributed by atoms with E-state index in [9.17, 15) is 0 Å². The van der Waals surface area contributed by atoms with E-state index in [2.05, 4.69) is 6.92 Å². The van der Waals surface area contributed by atoms with E-state index in [1.807, 2.05) is 0 Å². The first kappa shape index (κ1) is 39.9. The van der Waals surface area contributed by atoms with Crippen molar-refractivity contribution in [1.29, 1.82) is 0 Å². The highest BCUT2D eigenvalue weighted by atomic mass is 16.6. The molecule has 0 radical (unpaired) electrons. The zero-order valence-corrected chi connectivity index (χ0v) is 27.6. The van der Waals surface area contributed by atoms with Gasteiger partial charge in [-0.1, -0.05) is 219 Å². The average molecular weight is 567 g/mol. The number of rotatable bonds is 36. The molecule has 4 heteroatoms. The van der Waals surface area contributed by atoms with Gasteiger partial charge in [-0.3, -0.25) is 0 Å². The molecule has 0 aliphatic rings. The summed E-state index contributed by atoms with van der Waals surface area (Å²) in [6, 6.07) is 0. The fraction of sp³-hybridized carbons (Fsp3) is 1.00. The molecule has 0 unspecified atom stereocenters.